The smallest absolute Gasteiger partial charge is 0.250 e. The number of hydrogen-bond donors (Lipinski definition) is 1. The standard InChI is InChI=1S/C12H17NO2/c1-3-5-12(14)13(15)11-8-6-10(4-2)7-9-11/h6-9,15H,3-5H2,1-2H3. The molecule has 0 aromatic heterocycles. The minimum atomic E-state index is -0.262. The van der Waals surface area contributed by atoms with Crippen LogP contribution in [0.25, 0.3) is 0 Å². The van der Waals surface area contributed by atoms with Crippen molar-refractivity contribution >= 4 is 11.6 Å². The lowest BCUT2D eigenvalue weighted by Crippen LogP contribution is -2.26. The first-order valence-corrected chi connectivity index (χ1v) is 5.29. The number of nitrogens with zero attached hydrogens (tertiary/aromatic N) is 1. The van der Waals surface area contributed by atoms with Crippen LogP contribution >= 0.6 is 0 Å². The lowest BCUT2D eigenvalue weighted by molar-refractivity contribution is -0.123. The van der Waals surface area contributed by atoms with Crippen LogP contribution < -0.4 is 5.06 Å². The van der Waals surface area contributed by atoms with Crippen LogP contribution in [0.15, 0.2) is 24.3 Å². The highest BCUT2D eigenvalue weighted by Gasteiger charge is 2.11. The van der Waals surface area contributed by atoms with Gasteiger partial charge in [-0.25, -0.2) is 0 Å². The van der Waals surface area contributed by atoms with Gasteiger partial charge in [0.2, 0.25) is 0 Å². The number of aryl methyl sites for hydroxylation is 1. The average Bonchev–Trinajstić information content (AvgIpc) is 2.28. The molecule has 0 unspecified atom stereocenters. The summed E-state index contributed by atoms with van der Waals surface area (Å²) in [6.45, 7) is 3.97. The molecule has 3 heteroatoms. The Morgan fingerprint density at radius 3 is 2.33 bits per heavy atom. The van der Waals surface area contributed by atoms with E-state index in [1.807, 2.05) is 19.1 Å². The van der Waals surface area contributed by atoms with Crippen molar-refractivity contribution in [2.24, 2.45) is 0 Å². The minimum absolute atomic E-state index is 0.262. The van der Waals surface area contributed by atoms with Gasteiger partial charge in [-0.15, -0.1) is 0 Å². The van der Waals surface area contributed by atoms with Gasteiger partial charge in [0.1, 0.15) is 0 Å². The Bertz CT molecular complexity index is 319. The molecular weight excluding hydrogens is 190 g/mol. The van der Waals surface area contributed by atoms with Crippen LogP contribution in [0.2, 0.25) is 0 Å². The fourth-order valence-electron chi connectivity index (χ4n) is 1.34. The zero-order valence-electron chi connectivity index (χ0n) is 9.23. The summed E-state index contributed by atoms with van der Waals surface area (Å²) in [5.41, 5.74) is 1.72. The van der Waals surface area contributed by atoms with Gasteiger partial charge in [-0.2, -0.15) is 5.06 Å². The SMILES string of the molecule is CCCC(=O)N(O)c1ccc(CC)cc1. The molecule has 3 nitrogen and oxygen atoms in total. The summed E-state index contributed by atoms with van der Waals surface area (Å²) >= 11 is 0. The number of anilines is 1. The Labute approximate surface area is 90.3 Å². The molecule has 1 amide bonds. The summed E-state index contributed by atoms with van der Waals surface area (Å²) in [6, 6.07) is 7.34. The molecule has 0 atom stereocenters. The summed E-state index contributed by atoms with van der Waals surface area (Å²) in [6.07, 6.45) is 2.06. The molecule has 1 aromatic carbocycles. The molecule has 0 aliphatic carbocycles. The van der Waals surface area contributed by atoms with Crippen molar-refractivity contribution in [2.75, 3.05) is 5.06 Å². The van der Waals surface area contributed by atoms with E-state index in [9.17, 15) is 10.0 Å². The Kier molecular flexibility index (Phi) is 4.31. The van der Waals surface area contributed by atoms with Crippen molar-refractivity contribution in [3.05, 3.63) is 29.8 Å². The molecule has 82 valence electrons. The first kappa shape index (κ1) is 11.7. The molecule has 0 aliphatic heterocycles. The van der Waals surface area contributed by atoms with Gasteiger partial charge in [-0.3, -0.25) is 10.0 Å². The summed E-state index contributed by atoms with van der Waals surface area (Å²) in [5, 5.41) is 10.3. The maximum absolute atomic E-state index is 11.4. The van der Waals surface area contributed by atoms with Crippen LogP contribution in [-0.4, -0.2) is 11.1 Å². The zero-order valence-corrected chi connectivity index (χ0v) is 9.23. The van der Waals surface area contributed by atoms with Crippen molar-refractivity contribution in [3.8, 4) is 0 Å². The quantitative estimate of drug-likeness (QED) is 0.609. The summed E-state index contributed by atoms with van der Waals surface area (Å²) in [4.78, 5) is 11.4. The van der Waals surface area contributed by atoms with Crippen molar-refractivity contribution < 1.29 is 10.0 Å². The van der Waals surface area contributed by atoms with Crippen LogP contribution in [0.4, 0.5) is 5.69 Å². The predicted octanol–water partition coefficient (Wildman–Crippen LogP) is 2.77. The van der Waals surface area contributed by atoms with Crippen LogP contribution in [0.3, 0.4) is 0 Å². The highest BCUT2D eigenvalue weighted by molar-refractivity contribution is 5.90. The maximum atomic E-state index is 11.4. The van der Waals surface area contributed by atoms with Crippen molar-refractivity contribution in [1.82, 2.24) is 0 Å². The molecule has 1 rings (SSSR count). The zero-order chi connectivity index (χ0) is 11.3. The van der Waals surface area contributed by atoms with E-state index in [0.717, 1.165) is 17.9 Å². The second kappa shape index (κ2) is 5.51. The minimum Gasteiger partial charge on any atom is -0.281 e. The van der Waals surface area contributed by atoms with Gasteiger partial charge in [0.25, 0.3) is 5.91 Å². The second-order valence-corrected chi connectivity index (χ2v) is 3.48. The van der Waals surface area contributed by atoms with Crippen LogP contribution in [0.1, 0.15) is 32.3 Å². The third-order valence-corrected chi connectivity index (χ3v) is 2.29. The third-order valence-electron chi connectivity index (χ3n) is 2.29. The van der Waals surface area contributed by atoms with Crippen LogP contribution in [-0.2, 0) is 11.2 Å². The van der Waals surface area contributed by atoms with Crippen molar-refractivity contribution in [3.63, 3.8) is 0 Å². The van der Waals surface area contributed by atoms with Crippen LogP contribution in [0.5, 0.6) is 0 Å². The molecule has 0 bridgehead atoms. The number of benzene rings is 1. The molecule has 1 aromatic rings. The fourth-order valence-corrected chi connectivity index (χ4v) is 1.34. The summed E-state index contributed by atoms with van der Waals surface area (Å²) in [5.74, 6) is -0.262. The van der Waals surface area contributed by atoms with Crippen LogP contribution in [0, 0.1) is 0 Å². The molecule has 0 saturated heterocycles. The molecule has 0 aliphatic rings. The van der Waals surface area contributed by atoms with Gasteiger partial charge in [0.05, 0.1) is 5.69 Å². The Morgan fingerprint density at radius 1 is 1.27 bits per heavy atom. The number of hydrogen-bond acceptors (Lipinski definition) is 2. The van der Waals surface area contributed by atoms with E-state index in [1.54, 1.807) is 12.1 Å². The number of amides is 1. The number of hydroxylamine groups is 1. The topological polar surface area (TPSA) is 40.5 Å². The van der Waals surface area contributed by atoms with E-state index in [0.29, 0.717) is 12.1 Å². The largest absolute Gasteiger partial charge is 0.281 e. The summed E-state index contributed by atoms with van der Waals surface area (Å²) < 4.78 is 0. The van der Waals surface area contributed by atoms with Crippen molar-refractivity contribution in [2.45, 2.75) is 33.1 Å². The maximum Gasteiger partial charge on any atom is 0.250 e. The Hall–Kier alpha value is -1.35. The number of rotatable bonds is 4. The summed E-state index contributed by atoms with van der Waals surface area (Å²) in [7, 11) is 0. The lowest BCUT2D eigenvalue weighted by Gasteiger charge is -2.14. The van der Waals surface area contributed by atoms with E-state index in [4.69, 9.17) is 0 Å². The van der Waals surface area contributed by atoms with E-state index in [2.05, 4.69) is 6.92 Å². The van der Waals surface area contributed by atoms with Gasteiger partial charge < -0.3 is 0 Å². The van der Waals surface area contributed by atoms with Gasteiger partial charge in [0.15, 0.2) is 0 Å². The van der Waals surface area contributed by atoms with E-state index < -0.39 is 0 Å². The first-order valence-electron chi connectivity index (χ1n) is 5.29. The molecule has 0 radical (unpaired) electrons. The normalized spacial score (nSPS) is 10.1. The number of carbonyl (C=O) groups is 1. The average molecular weight is 207 g/mol. The molecule has 0 saturated carbocycles. The Morgan fingerprint density at radius 2 is 1.87 bits per heavy atom. The van der Waals surface area contributed by atoms with Gasteiger partial charge in [0, 0.05) is 6.42 Å². The van der Waals surface area contributed by atoms with Gasteiger partial charge in [-0.05, 0) is 30.5 Å². The molecule has 1 N–H and O–H groups in total. The molecule has 0 heterocycles. The lowest BCUT2D eigenvalue weighted by atomic mass is 10.1. The fraction of sp³-hybridized carbons (Fsp3) is 0.417. The number of carbonyl (C=O) groups excluding carboxylic acids is 1. The molecular formula is C12H17NO2. The highest BCUT2D eigenvalue weighted by Crippen LogP contribution is 2.15. The van der Waals surface area contributed by atoms with E-state index in [-0.39, 0.29) is 5.91 Å². The van der Waals surface area contributed by atoms with Crippen molar-refractivity contribution in [1.29, 1.82) is 0 Å². The van der Waals surface area contributed by atoms with Gasteiger partial charge in [-0.1, -0.05) is 26.0 Å². The third kappa shape index (κ3) is 3.06. The molecule has 15 heavy (non-hydrogen) atoms. The highest BCUT2D eigenvalue weighted by atomic mass is 16.5. The second-order valence-electron chi connectivity index (χ2n) is 3.48. The predicted molar refractivity (Wildman–Crippen MR) is 60.0 cm³/mol. The van der Waals surface area contributed by atoms with E-state index >= 15 is 0 Å². The van der Waals surface area contributed by atoms with E-state index in [1.165, 1.54) is 5.56 Å². The van der Waals surface area contributed by atoms with Gasteiger partial charge >= 0.3 is 0 Å². The Balaban J connectivity index is 2.73. The monoisotopic (exact) mass is 207 g/mol. The molecule has 0 spiro atoms. The molecule has 0 fully saturated rings. The first-order chi connectivity index (χ1) is 7.19.